The van der Waals surface area contributed by atoms with E-state index in [1.165, 1.54) is 10.8 Å². The summed E-state index contributed by atoms with van der Waals surface area (Å²) in [6.07, 6.45) is 0.519. The van der Waals surface area contributed by atoms with Crippen molar-refractivity contribution in [3.8, 4) is 0 Å². The van der Waals surface area contributed by atoms with Gasteiger partial charge < -0.3 is 0 Å². The predicted octanol–water partition coefficient (Wildman–Crippen LogP) is 4.00. The lowest BCUT2D eigenvalue weighted by Gasteiger charge is -2.17. The lowest BCUT2D eigenvalue weighted by molar-refractivity contribution is -0.125. The van der Waals surface area contributed by atoms with Gasteiger partial charge in [-0.3, -0.25) is 4.79 Å². The van der Waals surface area contributed by atoms with E-state index in [2.05, 4.69) is 18.2 Å². The van der Waals surface area contributed by atoms with Gasteiger partial charge in [-0.05, 0) is 16.3 Å². The monoisotopic (exact) mass is 226 g/mol. The number of hydrogen-bond donors (Lipinski definition) is 0. The first-order chi connectivity index (χ1) is 7.98. The number of carbonyl (C=O) groups is 1. The quantitative estimate of drug-likeness (QED) is 0.756. The molecule has 0 aromatic heterocycles. The molecule has 0 bridgehead atoms. The van der Waals surface area contributed by atoms with Gasteiger partial charge in [0.2, 0.25) is 0 Å². The Morgan fingerprint density at radius 2 is 1.65 bits per heavy atom. The molecular formula is C16H18O. The van der Waals surface area contributed by atoms with Crippen LogP contribution in [0, 0.1) is 5.41 Å². The number of hydrogen-bond acceptors (Lipinski definition) is 1. The van der Waals surface area contributed by atoms with Crippen molar-refractivity contribution in [1.82, 2.24) is 0 Å². The Balaban J connectivity index is 2.40. The molecule has 17 heavy (non-hydrogen) atoms. The lowest BCUT2D eigenvalue weighted by atomic mass is 9.86. The Hall–Kier alpha value is -1.63. The Kier molecular flexibility index (Phi) is 3.01. The largest absolute Gasteiger partial charge is 0.299 e. The molecule has 0 fully saturated rings. The summed E-state index contributed by atoms with van der Waals surface area (Å²) in [4.78, 5) is 12.1. The molecule has 0 radical (unpaired) electrons. The highest BCUT2D eigenvalue weighted by molar-refractivity contribution is 5.92. The Bertz CT molecular complexity index is 541. The van der Waals surface area contributed by atoms with Crippen molar-refractivity contribution in [2.75, 3.05) is 0 Å². The van der Waals surface area contributed by atoms with Gasteiger partial charge in [-0.15, -0.1) is 0 Å². The van der Waals surface area contributed by atoms with E-state index in [-0.39, 0.29) is 11.2 Å². The molecule has 2 aromatic rings. The number of ketones is 1. The molecule has 1 heteroatoms. The van der Waals surface area contributed by atoms with Crippen LogP contribution < -0.4 is 0 Å². The van der Waals surface area contributed by atoms with Crippen molar-refractivity contribution in [3.63, 3.8) is 0 Å². The van der Waals surface area contributed by atoms with Crippen LogP contribution in [0.2, 0.25) is 0 Å². The van der Waals surface area contributed by atoms with Crippen molar-refractivity contribution in [3.05, 3.63) is 48.0 Å². The van der Waals surface area contributed by atoms with Gasteiger partial charge >= 0.3 is 0 Å². The first-order valence-corrected chi connectivity index (χ1v) is 5.98. The van der Waals surface area contributed by atoms with Crippen LogP contribution in [0.4, 0.5) is 0 Å². The maximum atomic E-state index is 12.1. The van der Waals surface area contributed by atoms with E-state index in [4.69, 9.17) is 0 Å². The van der Waals surface area contributed by atoms with Gasteiger partial charge in [0.15, 0.2) is 0 Å². The average molecular weight is 226 g/mol. The van der Waals surface area contributed by atoms with Crippen LogP contribution >= 0.6 is 0 Å². The van der Waals surface area contributed by atoms with E-state index in [1.54, 1.807) is 0 Å². The molecule has 0 spiro atoms. The van der Waals surface area contributed by atoms with Crippen LogP contribution in [-0.2, 0) is 11.2 Å². The summed E-state index contributed by atoms with van der Waals surface area (Å²) < 4.78 is 0. The molecule has 0 aliphatic heterocycles. The molecule has 0 saturated heterocycles. The third-order valence-electron chi connectivity index (χ3n) is 3.07. The summed E-state index contributed by atoms with van der Waals surface area (Å²) in [5, 5.41) is 2.39. The van der Waals surface area contributed by atoms with Crippen molar-refractivity contribution in [2.45, 2.75) is 27.2 Å². The normalized spacial score (nSPS) is 11.7. The van der Waals surface area contributed by atoms with E-state index >= 15 is 0 Å². The van der Waals surface area contributed by atoms with E-state index in [0.29, 0.717) is 6.42 Å². The summed E-state index contributed by atoms with van der Waals surface area (Å²) in [6.45, 7) is 5.92. The van der Waals surface area contributed by atoms with Gasteiger partial charge in [-0.2, -0.15) is 0 Å². The second kappa shape index (κ2) is 4.33. The van der Waals surface area contributed by atoms with Crippen molar-refractivity contribution in [1.29, 1.82) is 0 Å². The second-order valence-corrected chi connectivity index (χ2v) is 5.49. The van der Waals surface area contributed by atoms with Gasteiger partial charge in [0, 0.05) is 11.8 Å². The standard InChI is InChI=1S/C16H18O/c1-16(2,3)15(17)11-13-9-6-8-12-7-4-5-10-14(12)13/h4-10H,11H2,1-3H3. The highest BCUT2D eigenvalue weighted by Gasteiger charge is 2.21. The average Bonchev–Trinajstić information content (AvgIpc) is 2.28. The van der Waals surface area contributed by atoms with E-state index in [1.807, 2.05) is 45.0 Å². The highest BCUT2D eigenvalue weighted by atomic mass is 16.1. The molecule has 0 N–H and O–H groups in total. The maximum Gasteiger partial charge on any atom is 0.142 e. The first kappa shape index (κ1) is 11.8. The van der Waals surface area contributed by atoms with Crippen LogP contribution in [-0.4, -0.2) is 5.78 Å². The van der Waals surface area contributed by atoms with E-state index in [9.17, 15) is 4.79 Å². The molecule has 0 atom stereocenters. The molecule has 0 aliphatic rings. The fourth-order valence-electron chi connectivity index (χ4n) is 1.88. The van der Waals surface area contributed by atoms with E-state index < -0.39 is 0 Å². The Morgan fingerprint density at radius 3 is 2.35 bits per heavy atom. The molecule has 88 valence electrons. The molecule has 0 amide bonds. The summed E-state index contributed by atoms with van der Waals surface area (Å²) in [7, 11) is 0. The minimum atomic E-state index is -0.267. The van der Waals surface area contributed by atoms with Crippen LogP contribution in [0.5, 0.6) is 0 Å². The number of benzene rings is 2. The second-order valence-electron chi connectivity index (χ2n) is 5.49. The summed E-state index contributed by atoms with van der Waals surface area (Å²) in [5.41, 5.74) is 0.861. The van der Waals surface area contributed by atoms with Gasteiger partial charge in [0.1, 0.15) is 5.78 Å². The maximum absolute atomic E-state index is 12.1. The number of carbonyl (C=O) groups excluding carboxylic acids is 1. The number of fused-ring (bicyclic) bond motifs is 1. The zero-order valence-electron chi connectivity index (χ0n) is 10.7. The SMILES string of the molecule is CC(C)(C)C(=O)Cc1cccc2ccccc12. The van der Waals surface area contributed by atoms with Crippen molar-refractivity contribution in [2.24, 2.45) is 5.41 Å². The van der Waals surface area contributed by atoms with E-state index in [0.717, 1.165) is 5.56 Å². The molecule has 2 aromatic carbocycles. The summed E-state index contributed by atoms with van der Waals surface area (Å²) >= 11 is 0. The third-order valence-corrected chi connectivity index (χ3v) is 3.07. The zero-order chi connectivity index (χ0) is 12.5. The van der Waals surface area contributed by atoms with Crippen LogP contribution in [0.1, 0.15) is 26.3 Å². The lowest BCUT2D eigenvalue weighted by Crippen LogP contribution is -2.22. The molecule has 2 rings (SSSR count). The smallest absolute Gasteiger partial charge is 0.142 e. The first-order valence-electron chi connectivity index (χ1n) is 5.98. The zero-order valence-corrected chi connectivity index (χ0v) is 10.7. The summed E-state index contributed by atoms with van der Waals surface area (Å²) in [6, 6.07) is 14.4. The van der Waals surface area contributed by atoms with Gasteiger partial charge in [-0.25, -0.2) is 0 Å². The highest BCUT2D eigenvalue weighted by Crippen LogP contribution is 2.23. The van der Waals surface area contributed by atoms with Crippen LogP contribution in [0.3, 0.4) is 0 Å². The number of Topliss-reactive ketones (excluding diaryl/α,β-unsaturated/α-hetero) is 1. The number of rotatable bonds is 2. The van der Waals surface area contributed by atoms with Gasteiger partial charge in [-0.1, -0.05) is 63.2 Å². The van der Waals surface area contributed by atoms with Crippen molar-refractivity contribution >= 4 is 16.6 Å². The molecule has 0 aliphatic carbocycles. The molecular weight excluding hydrogens is 208 g/mol. The van der Waals surface area contributed by atoms with Crippen LogP contribution in [0.15, 0.2) is 42.5 Å². The van der Waals surface area contributed by atoms with Gasteiger partial charge in [0.25, 0.3) is 0 Å². The minimum Gasteiger partial charge on any atom is -0.299 e. The van der Waals surface area contributed by atoms with Crippen molar-refractivity contribution < 1.29 is 4.79 Å². The van der Waals surface area contributed by atoms with Gasteiger partial charge in [0.05, 0.1) is 0 Å². The fourth-order valence-corrected chi connectivity index (χ4v) is 1.88. The molecule has 0 heterocycles. The minimum absolute atomic E-state index is 0.267. The topological polar surface area (TPSA) is 17.1 Å². The third kappa shape index (κ3) is 2.55. The Labute approximate surface area is 102 Å². The summed E-state index contributed by atoms with van der Waals surface area (Å²) in [5.74, 6) is 0.286. The molecule has 0 saturated carbocycles. The molecule has 0 unspecified atom stereocenters. The molecule has 1 nitrogen and oxygen atoms in total. The Morgan fingerprint density at radius 1 is 1.00 bits per heavy atom. The van der Waals surface area contributed by atoms with Crippen LogP contribution in [0.25, 0.3) is 10.8 Å². The predicted molar refractivity (Wildman–Crippen MR) is 72.1 cm³/mol. The fraction of sp³-hybridized carbons (Fsp3) is 0.312.